The molecule has 5 rings (SSSR count). The van der Waals surface area contributed by atoms with E-state index in [0.717, 1.165) is 70.0 Å². The predicted molar refractivity (Wildman–Crippen MR) is 168 cm³/mol. The van der Waals surface area contributed by atoms with E-state index < -0.39 is 0 Å². The van der Waals surface area contributed by atoms with Gasteiger partial charge in [-0.2, -0.15) is 4.98 Å². The summed E-state index contributed by atoms with van der Waals surface area (Å²) in [4.78, 5) is 67.4. The number of hydrogen-bond donors (Lipinski definition) is 3. The van der Waals surface area contributed by atoms with Gasteiger partial charge in [-0.3, -0.25) is 33.9 Å². The number of hydroxylamine groups is 1. The van der Waals surface area contributed by atoms with Crippen LogP contribution in [0.25, 0.3) is 11.0 Å². The van der Waals surface area contributed by atoms with Crippen LogP contribution in [0.5, 0.6) is 0 Å². The van der Waals surface area contributed by atoms with Gasteiger partial charge in [-0.1, -0.05) is 31.7 Å². The Bertz CT molecular complexity index is 1600. The Balaban J connectivity index is 1.18. The SMILES string of the molecule is CC(=O)c1c(C)c2cnc(Nc3ccc(CN4CCN(CCCCCCC(=O)NO)CC4=O)cn3)nc2n(C2CCCC2)c1=O. The second-order valence-electron chi connectivity index (χ2n) is 12.1. The van der Waals surface area contributed by atoms with E-state index in [1.54, 1.807) is 29.4 Å². The number of aryl methyl sites for hydroxylation is 1. The Kier molecular flexibility index (Phi) is 10.5. The Morgan fingerprint density at radius 1 is 1.02 bits per heavy atom. The van der Waals surface area contributed by atoms with E-state index in [9.17, 15) is 19.2 Å². The molecule has 2 fully saturated rings. The third-order valence-electron chi connectivity index (χ3n) is 8.84. The Hall–Kier alpha value is -4.23. The van der Waals surface area contributed by atoms with Crippen LogP contribution in [0.15, 0.2) is 29.3 Å². The fraction of sp³-hybridized carbons (Fsp3) is 0.531. The molecule has 3 aromatic heterocycles. The van der Waals surface area contributed by atoms with Gasteiger partial charge in [-0.05, 0) is 63.3 Å². The van der Waals surface area contributed by atoms with Crippen LogP contribution in [0.1, 0.15) is 92.2 Å². The Morgan fingerprint density at radius 3 is 2.49 bits per heavy atom. The first-order valence-corrected chi connectivity index (χ1v) is 15.8. The lowest BCUT2D eigenvalue weighted by Gasteiger charge is -2.34. The number of piperazine rings is 1. The zero-order valence-electron chi connectivity index (χ0n) is 26.0. The molecule has 0 unspecified atom stereocenters. The molecular weight excluding hydrogens is 576 g/mol. The number of Topliss-reactive ketones (excluding diaryl/α,β-unsaturated/α-hetero) is 1. The highest BCUT2D eigenvalue weighted by atomic mass is 16.5. The Morgan fingerprint density at radius 2 is 1.80 bits per heavy atom. The topological polar surface area (TPSA) is 163 Å². The molecule has 0 atom stereocenters. The van der Waals surface area contributed by atoms with Crippen LogP contribution in [-0.2, 0) is 16.1 Å². The summed E-state index contributed by atoms with van der Waals surface area (Å²) in [5.41, 5.74) is 3.60. The maximum absolute atomic E-state index is 13.5. The lowest BCUT2D eigenvalue weighted by Crippen LogP contribution is -2.50. The third kappa shape index (κ3) is 7.71. The smallest absolute Gasteiger partial charge is 0.263 e. The number of ketones is 1. The fourth-order valence-electron chi connectivity index (χ4n) is 6.38. The fourth-order valence-corrected chi connectivity index (χ4v) is 6.38. The summed E-state index contributed by atoms with van der Waals surface area (Å²) in [5, 5.41) is 12.4. The van der Waals surface area contributed by atoms with Crippen LogP contribution < -0.4 is 16.4 Å². The van der Waals surface area contributed by atoms with E-state index in [1.165, 1.54) is 6.92 Å². The minimum Gasteiger partial charge on any atom is -0.336 e. The molecule has 0 bridgehead atoms. The van der Waals surface area contributed by atoms with Gasteiger partial charge in [-0.25, -0.2) is 15.4 Å². The molecule has 1 saturated carbocycles. The maximum atomic E-state index is 13.5. The molecule has 1 aliphatic heterocycles. The van der Waals surface area contributed by atoms with Gasteiger partial charge in [0.15, 0.2) is 5.78 Å². The van der Waals surface area contributed by atoms with Crippen LogP contribution in [0.2, 0.25) is 0 Å². The number of nitrogens with one attached hydrogen (secondary N) is 2. The number of unbranched alkanes of at least 4 members (excludes halogenated alkanes) is 3. The van der Waals surface area contributed by atoms with Crippen LogP contribution in [0.3, 0.4) is 0 Å². The number of fused-ring (bicyclic) bond motifs is 1. The number of nitrogens with zero attached hydrogens (tertiary/aromatic N) is 6. The molecular formula is C32H42N8O5. The number of pyridine rings is 2. The highest BCUT2D eigenvalue weighted by Crippen LogP contribution is 2.32. The maximum Gasteiger partial charge on any atom is 0.263 e. The second kappa shape index (κ2) is 14.7. The summed E-state index contributed by atoms with van der Waals surface area (Å²) < 4.78 is 1.69. The molecule has 1 aliphatic carbocycles. The van der Waals surface area contributed by atoms with Gasteiger partial charge in [0.05, 0.1) is 12.1 Å². The number of carbonyl (C=O) groups is 3. The van der Waals surface area contributed by atoms with E-state index in [0.29, 0.717) is 54.4 Å². The molecule has 1 saturated heterocycles. The largest absolute Gasteiger partial charge is 0.336 e. The number of carbonyl (C=O) groups excluding carboxylic acids is 3. The zero-order chi connectivity index (χ0) is 31.9. The Labute approximate surface area is 262 Å². The van der Waals surface area contributed by atoms with Crippen molar-refractivity contribution in [2.45, 2.75) is 84.2 Å². The van der Waals surface area contributed by atoms with Gasteiger partial charge in [0, 0.05) is 49.9 Å². The van der Waals surface area contributed by atoms with Gasteiger partial charge in [0.25, 0.3) is 5.56 Å². The molecule has 45 heavy (non-hydrogen) atoms. The number of hydrogen-bond acceptors (Lipinski definition) is 10. The van der Waals surface area contributed by atoms with Crippen LogP contribution in [0, 0.1) is 6.92 Å². The average molecular weight is 619 g/mol. The lowest BCUT2D eigenvalue weighted by molar-refractivity contribution is -0.136. The summed E-state index contributed by atoms with van der Waals surface area (Å²) in [6.07, 6.45) is 11.1. The summed E-state index contributed by atoms with van der Waals surface area (Å²) in [6, 6.07) is 3.74. The average Bonchev–Trinajstić information content (AvgIpc) is 3.55. The monoisotopic (exact) mass is 618 g/mol. The van der Waals surface area contributed by atoms with E-state index in [4.69, 9.17) is 10.2 Å². The quantitative estimate of drug-likeness (QED) is 0.112. The van der Waals surface area contributed by atoms with Crippen molar-refractivity contribution in [2.75, 3.05) is 31.5 Å². The molecule has 2 aliphatic rings. The molecule has 3 N–H and O–H groups in total. The number of amides is 2. The summed E-state index contributed by atoms with van der Waals surface area (Å²) >= 11 is 0. The predicted octanol–water partition coefficient (Wildman–Crippen LogP) is 3.66. The lowest BCUT2D eigenvalue weighted by atomic mass is 10.0. The summed E-state index contributed by atoms with van der Waals surface area (Å²) in [6.45, 7) is 6.36. The standard InChI is InChI=1S/C32H42N8O5/c1-21-25-18-34-32(36-30(25)40(24-9-6-7-10-24)31(44)29(21)22(2)41)35-26-13-12-23(17-33-26)19-39-16-15-38(20-28(39)43)14-8-4-3-5-11-27(42)37-45/h12-13,17-18,24,45H,3-11,14-16,19-20H2,1-2H3,(H,37,42)(H,33,34,35,36). The highest BCUT2D eigenvalue weighted by Gasteiger charge is 2.26. The van der Waals surface area contributed by atoms with Gasteiger partial charge >= 0.3 is 0 Å². The van der Waals surface area contributed by atoms with Gasteiger partial charge in [0.2, 0.25) is 17.8 Å². The minimum absolute atomic E-state index is 0.00210. The first kappa shape index (κ1) is 32.2. The van der Waals surface area contributed by atoms with Gasteiger partial charge < -0.3 is 10.2 Å². The first-order chi connectivity index (χ1) is 21.7. The molecule has 4 heterocycles. The molecule has 3 aromatic rings. The van der Waals surface area contributed by atoms with Crippen molar-refractivity contribution in [3.8, 4) is 0 Å². The van der Waals surface area contributed by atoms with Crippen molar-refractivity contribution in [3.63, 3.8) is 0 Å². The second-order valence-corrected chi connectivity index (χ2v) is 12.1. The van der Waals surface area contributed by atoms with Gasteiger partial charge in [-0.15, -0.1) is 0 Å². The van der Waals surface area contributed by atoms with E-state index >= 15 is 0 Å². The van der Waals surface area contributed by atoms with E-state index in [-0.39, 0.29) is 34.8 Å². The van der Waals surface area contributed by atoms with Crippen molar-refractivity contribution in [1.82, 2.24) is 34.8 Å². The van der Waals surface area contributed by atoms with E-state index in [2.05, 4.69) is 20.2 Å². The first-order valence-electron chi connectivity index (χ1n) is 15.8. The molecule has 0 radical (unpaired) electrons. The van der Waals surface area contributed by atoms with Crippen LogP contribution in [-0.4, -0.2) is 78.3 Å². The molecule has 0 aromatic carbocycles. The number of anilines is 2. The number of aromatic nitrogens is 4. The zero-order valence-corrected chi connectivity index (χ0v) is 26.0. The van der Waals surface area contributed by atoms with Crippen molar-refractivity contribution < 1.29 is 19.6 Å². The van der Waals surface area contributed by atoms with Crippen molar-refractivity contribution >= 4 is 40.4 Å². The molecule has 240 valence electrons. The molecule has 13 heteroatoms. The molecule has 2 amide bonds. The van der Waals surface area contributed by atoms with E-state index in [1.807, 2.05) is 17.0 Å². The number of rotatable bonds is 13. The minimum atomic E-state index is -0.357. The van der Waals surface area contributed by atoms with Crippen LogP contribution >= 0.6 is 0 Å². The normalized spacial score (nSPS) is 16.0. The highest BCUT2D eigenvalue weighted by molar-refractivity contribution is 5.99. The molecule has 0 spiro atoms. The summed E-state index contributed by atoms with van der Waals surface area (Å²) in [7, 11) is 0. The summed E-state index contributed by atoms with van der Waals surface area (Å²) in [5.74, 6) is 0.328. The third-order valence-corrected chi connectivity index (χ3v) is 8.84. The van der Waals surface area contributed by atoms with Crippen molar-refractivity contribution in [1.29, 1.82) is 0 Å². The molecule has 13 nitrogen and oxygen atoms in total. The van der Waals surface area contributed by atoms with Gasteiger partial charge in [0.1, 0.15) is 11.5 Å². The van der Waals surface area contributed by atoms with Crippen molar-refractivity contribution in [3.05, 3.63) is 51.6 Å². The van der Waals surface area contributed by atoms with Crippen molar-refractivity contribution in [2.24, 2.45) is 0 Å². The van der Waals surface area contributed by atoms with Crippen LogP contribution in [0.4, 0.5) is 11.8 Å².